The van der Waals surface area contributed by atoms with E-state index in [1.165, 1.54) is 6.92 Å². The molecule has 19 heavy (non-hydrogen) atoms. The molecule has 1 atom stereocenters. The van der Waals surface area contributed by atoms with E-state index < -0.39 is 28.8 Å². The van der Waals surface area contributed by atoms with Gasteiger partial charge in [-0.15, -0.1) is 0 Å². The van der Waals surface area contributed by atoms with Crippen LogP contribution in [-0.2, 0) is 4.79 Å². The molecule has 104 valence electrons. The van der Waals surface area contributed by atoms with E-state index in [9.17, 15) is 24.8 Å². The number of carboxylic acid groups (broad SMARTS) is 1. The second-order valence-corrected chi connectivity index (χ2v) is 4.28. The fraction of sp³-hybridized carbons (Fsp3) is 0.400. The van der Waals surface area contributed by atoms with E-state index in [4.69, 9.17) is 5.11 Å². The molecule has 1 amide bonds. The number of carbonyl (C=O) groups excluding carboxylic acids is 1. The third kappa shape index (κ3) is 4.39. The van der Waals surface area contributed by atoms with Crippen molar-refractivity contribution < 1.29 is 24.7 Å². The summed E-state index contributed by atoms with van der Waals surface area (Å²) in [6.45, 7) is 0.976. The first-order valence-corrected chi connectivity index (χ1v) is 5.26. The highest BCUT2D eigenvalue weighted by Gasteiger charge is 2.25. The summed E-state index contributed by atoms with van der Waals surface area (Å²) in [6.07, 6.45) is 0.530. The predicted molar refractivity (Wildman–Crippen MR) is 62.7 cm³/mol. The van der Waals surface area contributed by atoms with Crippen molar-refractivity contribution in [2.24, 2.45) is 0 Å². The summed E-state index contributed by atoms with van der Waals surface area (Å²) >= 11 is 0. The molecule has 0 aromatic carbocycles. The van der Waals surface area contributed by atoms with Gasteiger partial charge in [0, 0.05) is 12.6 Å². The van der Waals surface area contributed by atoms with Crippen LogP contribution in [0.25, 0.3) is 0 Å². The molecule has 9 nitrogen and oxygen atoms in total. The van der Waals surface area contributed by atoms with Crippen LogP contribution in [0.1, 0.15) is 23.8 Å². The Hall–Kier alpha value is -2.42. The number of carbonyl (C=O) groups is 2. The first-order chi connectivity index (χ1) is 8.71. The van der Waals surface area contributed by atoms with E-state index in [-0.39, 0.29) is 17.9 Å². The summed E-state index contributed by atoms with van der Waals surface area (Å²) in [6, 6.07) is 1.04. The Morgan fingerprint density at radius 2 is 2.21 bits per heavy atom. The number of carboxylic acids is 1. The van der Waals surface area contributed by atoms with Crippen molar-refractivity contribution in [2.45, 2.75) is 18.9 Å². The van der Waals surface area contributed by atoms with Gasteiger partial charge < -0.3 is 20.5 Å². The van der Waals surface area contributed by atoms with Crippen molar-refractivity contribution in [1.29, 1.82) is 0 Å². The minimum atomic E-state index is -1.60. The number of nitro groups is 1. The summed E-state index contributed by atoms with van der Waals surface area (Å²) in [5.41, 5.74) is -1.90. The van der Waals surface area contributed by atoms with Crippen LogP contribution in [0, 0.1) is 10.1 Å². The first kappa shape index (κ1) is 14.6. The molecular weight excluding hydrogens is 258 g/mol. The van der Waals surface area contributed by atoms with E-state index in [1.807, 2.05) is 0 Å². The lowest BCUT2D eigenvalue weighted by Crippen LogP contribution is -2.42. The van der Waals surface area contributed by atoms with Gasteiger partial charge in [0.15, 0.2) is 0 Å². The topological polar surface area (TPSA) is 146 Å². The minimum Gasteiger partial charge on any atom is -0.481 e. The number of H-pyrrole nitrogens is 1. The fourth-order valence-electron chi connectivity index (χ4n) is 1.37. The summed E-state index contributed by atoms with van der Waals surface area (Å²) in [5.74, 6) is -1.87. The maximum absolute atomic E-state index is 11.6. The van der Waals surface area contributed by atoms with Crippen molar-refractivity contribution in [2.75, 3.05) is 6.54 Å². The highest BCUT2D eigenvalue weighted by atomic mass is 16.6. The largest absolute Gasteiger partial charge is 0.481 e. The Kier molecular flexibility index (Phi) is 4.22. The molecule has 0 saturated carbocycles. The molecule has 0 bridgehead atoms. The van der Waals surface area contributed by atoms with Gasteiger partial charge in [0.2, 0.25) is 0 Å². The summed E-state index contributed by atoms with van der Waals surface area (Å²) in [5, 5.41) is 30.9. The molecule has 9 heteroatoms. The average Bonchev–Trinajstić information content (AvgIpc) is 2.73. The van der Waals surface area contributed by atoms with Gasteiger partial charge in [-0.25, -0.2) is 0 Å². The van der Waals surface area contributed by atoms with Crippen LogP contribution in [0.4, 0.5) is 5.69 Å². The van der Waals surface area contributed by atoms with E-state index in [0.29, 0.717) is 0 Å². The molecule has 0 aliphatic rings. The van der Waals surface area contributed by atoms with Crippen molar-refractivity contribution in [3.8, 4) is 0 Å². The lowest BCUT2D eigenvalue weighted by atomic mass is 10.0. The first-order valence-electron chi connectivity index (χ1n) is 5.26. The molecule has 0 spiro atoms. The predicted octanol–water partition coefficient (Wildman–Crippen LogP) is -0.122. The van der Waals surface area contributed by atoms with E-state index in [2.05, 4.69) is 10.3 Å². The number of nitrogens with zero attached hydrogens (tertiary/aromatic N) is 1. The Labute approximate surface area is 107 Å². The number of hydrogen-bond donors (Lipinski definition) is 4. The Morgan fingerprint density at radius 3 is 2.68 bits per heavy atom. The van der Waals surface area contributed by atoms with Gasteiger partial charge >= 0.3 is 5.97 Å². The molecule has 1 aromatic rings. The molecule has 0 aliphatic heterocycles. The number of aromatic amines is 1. The normalized spacial score (nSPS) is 13.6. The molecule has 1 heterocycles. The van der Waals surface area contributed by atoms with E-state index >= 15 is 0 Å². The molecule has 1 aromatic heterocycles. The van der Waals surface area contributed by atoms with E-state index in [0.717, 1.165) is 12.3 Å². The van der Waals surface area contributed by atoms with Crippen LogP contribution >= 0.6 is 0 Å². The van der Waals surface area contributed by atoms with Crippen molar-refractivity contribution in [3.63, 3.8) is 0 Å². The Bertz CT molecular complexity index is 507. The van der Waals surface area contributed by atoms with Gasteiger partial charge in [0.05, 0.1) is 23.1 Å². The van der Waals surface area contributed by atoms with Gasteiger partial charge in [0.25, 0.3) is 11.6 Å². The molecule has 0 radical (unpaired) electrons. The highest BCUT2D eigenvalue weighted by molar-refractivity contribution is 5.93. The van der Waals surface area contributed by atoms with Crippen LogP contribution in [0.5, 0.6) is 0 Å². The van der Waals surface area contributed by atoms with Crippen LogP contribution in [-0.4, -0.2) is 44.1 Å². The molecule has 0 saturated heterocycles. The molecule has 0 fully saturated rings. The van der Waals surface area contributed by atoms with Crippen LogP contribution in [0.15, 0.2) is 12.3 Å². The molecule has 0 aliphatic carbocycles. The van der Waals surface area contributed by atoms with Gasteiger partial charge in [-0.2, -0.15) is 0 Å². The molecule has 1 rings (SSSR count). The summed E-state index contributed by atoms with van der Waals surface area (Å²) < 4.78 is 0. The number of rotatable bonds is 6. The summed E-state index contributed by atoms with van der Waals surface area (Å²) in [4.78, 5) is 34.2. The molecule has 1 unspecified atom stereocenters. The second-order valence-electron chi connectivity index (χ2n) is 4.28. The zero-order valence-electron chi connectivity index (χ0n) is 10.0. The van der Waals surface area contributed by atoms with Crippen molar-refractivity contribution in [1.82, 2.24) is 10.3 Å². The second kappa shape index (κ2) is 5.48. The quantitative estimate of drug-likeness (QED) is 0.419. The Morgan fingerprint density at radius 1 is 1.58 bits per heavy atom. The number of aliphatic carboxylic acids is 1. The SMILES string of the molecule is CC(O)(CNC(=O)c1cc([N+](=O)[O-])c[nH]1)CC(=O)O. The summed E-state index contributed by atoms with van der Waals surface area (Å²) in [7, 11) is 0. The van der Waals surface area contributed by atoms with Crippen LogP contribution in [0.2, 0.25) is 0 Å². The van der Waals surface area contributed by atoms with Crippen LogP contribution in [0.3, 0.4) is 0 Å². The van der Waals surface area contributed by atoms with Gasteiger partial charge in [-0.1, -0.05) is 0 Å². The minimum absolute atomic E-state index is 0.0437. The number of amides is 1. The number of aromatic nitrogens is 1. The van der Waals surface area contributed by atoms with Crippen molar-refractivity contribution >= 4 is 17.6 Å². The van der Waals surface area contributed by atoms with Crippen molar-refractivity contribution in [3.05, 3.63) is 28.1 Å². The third-order valence-corrected chi connectivity index (χ3v) is 2.29. The number of aliphatic hydroxyl groups is 1. The van der Waals surface area contributed by atoms with Gasteiger partial charge in [0.1, 0.15) is 5.69 Å². The molecule has 4 N–H and O–H groups in total. The third-order valence-electron chi connectivity index (χ3n) is 2.29. The zero-order chi connectivity index (χ0) is 14.6. The maximum Gasteiger partial charge on any atom is 0.306 e. The zero-order valence-corrected chi connectivity index (χ0v) is 10.0. The maximum atomic E-state index is 11.6. The molecular formula is C10H13N3O6. The lowest BCUT2D eigenvalue weighted by molar-refractivity contribution is -0.384. The van der Waals surface area contributed by atoms with E-state index in [1.54, 1.807) is 0 Å². The average molecular weight is 271 g/mol. The smallest absolute Gasteiger partial charge is 0.306 e. The van der Waals surface area contributed by atoms with Gasteiger partial charge in [-0.3, -0.25) is 19.7 Å². The fourth-order valence-corrected chi connectivity index (χ4v) is 1.37. The lowest BCUT2D eigenvalue weighted by Gasteiger charge is -2.21. The van der Waals surface area contributed by atoms with Crippen LogP contribution < -0.4 is 5.32 Å². The van der Waals surface area contributed by atoms with Gasteiger partial charge in [-0.05, 0) is 6.92 Å². The number of nitrogens with one attached hydrogen (secondary N) is 2. The number of hydrogen-bond acceptors (Lipinski definition) is 5. The Balaban J connectivity index is 2.60. The standard InChI is InChI=1S/C10H13N3O6/c1-10(17,3-8(14)15)5-12-9(16)7-2-6(4-11-7)13(18)19/h2,4,11,17H,3,5H2,1H3,(H,12,16)(H,14,15). The monoisotopic (exact) mass is 271 g/mol. The highest BCUT2D eigenvalue weighted by Crippen LogP contribution is 2.12.